The Morgan fingerprint density at radius 2 is 2.06 bits per heavy atom. The Labute approximate surface area is 120 Å². The summed E-state index contributed by atoms with van der Waals surface area (Å²) in [5, 5.41) is 3.43. The summed E-state index contributed by atoms with van der Waals surface area (Å²) in [6.07, 6.45) is 3.41. The molecule has 1 aromatic rings. The summed E-state index contributed by atoms with van der Waals surface area (Å²) < 4.78 is 4.94. The molecular weight excluding hydrogens is 221 g/mol. The van der Waals surface area contributed by atoms with E-state index in [2.05, 4.69) is 5.32 Å². The predicted octanol–water partition coefficient (Wildman–Crippen LogP) is 1.44. The molecule has 18 heavy (non-hydrogen) atoms. The number of hydrogen-bond acceptors (Lipinski definition) is 3. The van der Waals surface area contributed by atoms with Crippen molar-refractivity contribution in [2.24, 2.45) is 0 Å². The van der Waals surface area contributed by atoms with Crippen LogP contribution in [0.3, 0.4) is 0 Å². The maximum atomic E-state index is 11.9. The van der Waals surface area contributed by atoms with Gasteiger partial charge in [-0.15, -0.1) is 0 Å². The Kier molecular flexibility index (Phi) is 6.49. The van der Waals surface area contributed by atoms with Gasteiger partial charge in [0.25, 0.3) is 0 Å². The first-order chi connectivity index (χ1) is 8.33. The van der Waals surface area contributed by atoms with Crippen LogP contribution in [0, 0.1) is 0 Å². The van der Waals surface area contributed by atoms with Crippen molar-refractivity contribution >= 4 is 24.8 Å². The molecule has 0 saturated carbocycles. The van der Waals surface area contributed by atoms with Gasteiger partial charge in [-0.2, -0.15) is 0 Å². The number of ether oxygens (including phenoxy) is 1. The second kappa shape index (κ2) is 7.63. The Morgan fingerprint density at radius 1 is 1.33 bits per heavy atom. The van der Waals surface area contributed by atoms with Gasteiger partial charge in [0, 0.05) is 6.04 Å². The molecule has 0 bridgehead atoms. The van der Waals surface area contributed by atoms with Crippen molar-refractivity contribution in [3.05, 3.63) is 35.9 Å². The maximum absolute atomic E-state index is 11.9. The van der Waals surface area contributed by atoms with Gasteiger partial charge in [-0.1, -0.05) is 36.8 Å². The topological polar surface area (TPSA) is 38.3 Å². The summed E-state index contributed by atoms with van der Waals surface area (Å²) >= 11 is 0. The van der Waals surface area contributed by atoms with Gasteiger partial charge in [0.15, 0.2) is 0 Å². The zero-order valence-corrected chi connectivity index (χ0v) is 10.2. The number of esters is 1. The van der Waals surface area contributed by atoms with Crippen LogP contribution in [-0.4, -0.2) is 44.5 Å². The van der Waals surface area contributed by atoms with Crippen LogP contribution in [0.15, 0.2) is 30.3 Å². The molecule has 1 fully saturated rings. The Bertz CT molecular complexity index is 363. The van der Waals surface area contributed by atoms with E-state index >= 15 is 0 Å². The molecule has 0 aromatic heterocycles. The minimum atomic E-state index is -0.179. The van der Waals surface area contributed by atoms with E-state index in [4.69, 9.17) is 4.74 Å². The first-order valence-corrected chi connectivity index (χ1v) is 6.19. The molecule has 1 aromatic carbocycles. The fraction of sp³-hybridized carbons (Fsp3) is 0.500. The molecule has 0 amide bonds. The summed E-state index contributed by atoms with van der Waals surface area (Å²) in [5.41, 5.74) is 1.04. The third-order valence-electron chi connectivity index (χ3n) is 3.36. The van der Waals surface area contributed by atoms with Gasteiger partial charge in [0.1, 0.15) is 0 Å². The van der Waals surface area contributed by atoms with Crippen molar-refractivity contribution in [1.82, 2.24) is 5.32 Å². The van der Waals surface area contributed by atoms with Crippen LogP contribution in [0.5, 0.6) is 0 Å². The molecule has 1 aliphatic heterocycles. The predicted molar refractivity (Wildman–Crippen MR) is 74.0 cm³/mol. The third kappa shape index (κ3) is 3.62. The van der Waals surface area contributed by atoms with Gasteiger partial charge in [-0.25, -0.2) is 0 Å². The number of piperidine rings is 1. The Morgan fingerprint density at radius 3 is 2.61 bits per heavy atom. The number of nitrogens with one attached hydrogen (secondary N) is 1. The number of carbonyl (C=O) groups is 1. The van der Waals surface area contributed by atoms with E-state index in [0.717, 1.165) is 18.5 Å². The summed E-state index contributed by atoms with van der Waals surface area (Å²) in [6.45, 7) is 0.991. The zero-order valence-electron chi connectivity index (χ0n) is 10.2. The molecule has 4 heteroatoms. The summed E-state index contributed by atoms with van der Waals surface area (Å²) in [7, 11) is 1.46. The first kappa shape index (κ1) is 15.3. The Hall–Kier alpha value is -0.753. The fourth-order valence-corrected chi connectivity index (χ4v) is 2.48. The minimum absolute atomic E-state index is 0. The standard InChI is InChI=1S/C14H19NO2.Li.H/c1-17-14(16)13(11-7-3-2-4-8-11)12-9-5-6-10-15-12;;/h2-4,7-8,12-13,15H,5-6,9-10H2,1H3;;. The average molecular weight is 241 g/mol. The summed E-state index contributed by atoms with van der Waals surface area (Å²) in [6, 6.07) is 10.1. The van der Waals surface area contributed by atoms with E-state index in [0.29, 0.717) is 0 Å². The number of hydrogen-bond donors (Lipinski definition) is 1. The summed E-state index contributed by atoms with van der Waals surface area (Å²) in [4.78, 5) is 11.9. The molecule has 0 aliphatic carbocycles. The van der Waals surface area contributed by atoms with Gasteiger partial charge in [0.05, 0.1) is 13.0 Å². The molecule has 2 atom stereocenters. The van der Waals surface area contributed by atoms with E-state index in [-0.39, 0.29) is 36.8 Å². The van der Waals surface area contributed by atoms with Crippen molar-refractivity contribution in [1.29, 1.82) is 0 Å². The van der Waals surface area contributed by atoms with Crippen molar-refractivity contribution in [3.8, 4) is 0 Å². The zero-order chi connectivity index (χ0) is 12.1. The molecule has 94 valence electrons. The number of carbonyl (C=O) groups excluding carboxylic acids is 1. The van der Waals surface area contributed by atoms with Crippen molar-refractivity contribution < 1.29 is 9.53 Å². The molecule has 3 nitrogen and oxygen atoms in total. The molecule has 0 spiro atoms. The van der Waals surface area contributed by atoms with Crippen LogP contribution in [0.25, 0.3) is 0 Å². The second-order valence-corrected chi connectivity index (χ2v) is 4.47. The fourth-order valence-electron chi connectivity index (χ4n) is 2.48. The molecular formula is C14H20LiNO2. The van der Waals surface area contributed by atoms with Gasteiger partial charge in [0.2, 0.25) is 0 Å². The normalized spacial score (nSPS) is 20.6. The van der Waals surface area contributed by atoms with Crippen molar-refractivity contribution in [3.63, 3.8) is 0 Å². The number of methoxy groups -OCH3 is 1. The van der Waals surface area contributed by atoms with Crippen LogP contribution in [0.2, 0.25) is 0 Å². The molecule has 2 unspecified atom stereocenters. The molecule has 1 saturated heterocycles. The van der Waals surface area contributed by atoms with Gasteiger partial charge in [-0.3, -0.25) is 4.79 Å². The van der Waals surface area contributed by atoms with Crippen LogP contribution in [0.4, 0.5) is 0 Å². The molecule has 1 aliphatic rings. The van der Waals surface area contributed by atoms with Crippen LogP contribution in [-0.2, 0) is 9.53 Å². The average Bonchev–Trinajstić information content (AvgIpc) is 2.41. The molecule has 1 heterocycles. The van der Waals surface area contributed by atoms with Crippen molar-refractivity contribution in [2.45, 2.75) is 31.2 Å². The first-order valence-electron chi connectivity index (χ1n) is 6.19. The van der Waals surface area contributed by atoms with E-state index < -0.39 is 0 Å². The van der Waals surface area contributed by atoms with E-state index in [1.54, 1.807) is 0 Å². The van der Waals surface area contributed by atoms with E-state index in [9.17, 15) is 4.79 Å². The van der Waals surface area contributed by atoms with E-state index in [1.807, 2.05) is 30.3 Å². The monoisotopic (exact) mass is 241 g/mol. The van der Waals surface area contributed by atoms with Gasteiger partial charge >= 0.3 is 24.8 Å². The van der Waals surface area contributed by atoms with Crippen molar-refractivity contribution in [2.75, 3.05) is 13.7 Å². The van der Waals surface area contributed by atoms with Crippen LogP contribution in [0.1, 0.15) is 30.7 Å². The number of rotatable bonds is 3. The summed E-state index contributed by atoms with van der Waals surface area (Å²) in [5.74, 6) is -0.322. The van der Waals surface area contributed by atoms with Crippen LogP contribution < -0.4 is 5.32 Å². The third-order valence-corrected chi connectivity index (χ3v) is 3.36. The van der Waals surface area contributed by atoms with Gasteiger partial charge < -0.3 is 10.1 Å². The second-order valence-electron chi connectivity index (χ2n) is 4.47. The molecule has 2 rings (SSSR count). The SMILES string of the molecule is COC(=O)C(c1ccccc1)C1CCCCN1.[LiH]. The molecule has 0 radical (unpaired) electrons. The van der Waals surface area contributed by atoms with Gasteiger partial charge in [-0.05, 0) is 24.9 Å². The quantitative estimate of drug-likeness (QED) is 0.642. The number of benzene rings is 1. The Balaban J connectivity index is 0.00000162. The molecule has 1 N–H and O–H groups in total. The van der Waals surface area contributed by atoms with E-state index in [1.165, 1.54) is 20.0 Å². The van der Waals surface area contributed by atoms with Crippen LogP contribution >= 0.6 is 0 Å².